The van der Waals surface area contributed by atoms with E-state index in [0.29, 0.717) is 22.9 Å². The summed E-state index contributed by atoms with van der Waals surface area (Å²) in [5.41, 5.74) is 3.73. The lowest BCUT2D eigenvalue weighted by Crippen LogP contribution is -2.35. The molecule has 0 unspecified atom stereocenters. The highest BCUT2D eigenvalue weighted by Gasteiger charge is 2.20. The first kappa shape index (κ1) is 20.5. The Bertz CT molecular complexity index is 999. The second kappa shape index (κ2) is 9.34. The van der Waals surface area contributed by atoms with E-state index in [1.165, 1.54) is 16.9 Å². The molecule has 2 aromatic carbocycles. The average Bonchev–Trinajstić information content (AvgIpc) is 3.19. The van der Waals surface area contributed by atoms with Crippen LogP contribution in [0.25, 0.3) is 11.3 Å². The summed E-state index contributed by atoms with van der Waals surface area (Å²) in [5, 5.41) is 5.33. The van der Waals surface area contributed by atoms with Gasteiger partial charge in [-0.3, -0.25) is 4.90 Å². The molecule has 0 spiro atoms. The number of carbonyl (C=O) groups is 2. The largest absolute Gasteiger partial charge is 0.462 e. The number of anilines is 2. The molecule has 150 valence electrons. The van der Waals surface area contributed by atoms with Gasteiger partial charge in [-0.05, 0) is 32.9 Å². The Kier molecular flexibility index (Phi) is 6.61. The van der Waals surface area contributed by atoms with Crippen LogP contribution >= 0.6 is 11.3 Å². The van der Waals surface area contributed by atoms with E-state index in [1.807, 2.05) is 43.5 Å². The standard InChI is InChI=1S/C22H23N3O3S/c1-4-25(22-24-19(14-29-22)16-12-10-15(3)11-13-16)21(27)23-18-9-7-6-8-17(18)20(26)28-5-2/h6-14H,4-5H2,1-3H3,(H,23,27). The van der Waals surface area contributed by atoms with Crippen molar-refractivity contribution in [3.8, 4) is 11.3 Å². The minimum atomic E-state index is -0.470. The molecule has 1 heterocycles. The average molecular weight is 410 g/mol. The molecule has 1 N–H and O–H groups in total. The molecule has 7 heteroatoms. The van der Waals surface area contributed by atoms with Gasteiger partial charge in [0.1, 0.15) is 0 Å². The number of para-hydroxylation sites is 1. The Labute approximate surface area is 174 Å². The summed E-state index contributed by atoms with van der Waals surface area (Å²) in [7, 11) is 0. The van der Waals surface area contributed by atoms with E-state index >= 15 is 0 Å². The number of carbonyl (C=O) groups excluding carboxylic acids is 2. The fraction of sp³-hybridized carbons (Fsp3) is 0.227. The molecular weight excluding hydrogens is 386 g/mol. The van der Waals surface area contributed by atoms with Crippen molar-refractivity contribution >= 4 is 34.2 Å². The molecule has 0 atom stereocenters. The molecule has 29 heavy (non-hydrogen) atoms. The number of esters is 1. The highest BCUT2D eigenvalue weighted by atomic mass is 32.1. The first-order valence-electron chi connectivity index (χ1n) is 9.40. The maximum Gasteiger partial charge on any atom is 0.340 e. The lowest BCUT2D eigenvalue weighted by Gasteiger charge is -2.19. The number of urea groups is 1. The van der Waals surface area contributed by atoms with Crippen LogP contribution in [0.4, 0.5) is 15.6 Å². The van der Waals surface area contributed by atoms with E-state index in [2.05, 4.69) is 10.3 Å². The summed E-state index contributed by atoms with van der Waals surface area (Å²) in [6, 6.07) is 14.5. The number of amides is 2. The molecular formula is C22H23N3O3S. The molecule has 3 rings (SSSR count). The van der Waals surface area contributed by atoms with Gasteiger partial charge in [0.15, 0.2) is 5.13 Å². The zero-order valence-electron chi connectivity index (χ0n) is 16.6. The van der Waals surface area contributed by atoms with Gasteiger partial charge in [-0.2, -0.15) is 0 Å². The number of rotatable bonds is 6. The maximum absolute atomic E-state index is 12.9. The Morgan fingerprint density at radius 1 is 1.10 bits per heavy atom. The van der Waals surface area contributed by atoms with Crippen molar-refractivity contribution in [3.05, 3.63) is 65.0 Å². The number of thiazole rings is 1. The van der Waals surface area contributed by atoms with E-state index in [9.17, 15) is 9.59 Å². The van der Waals surface area contributed by atoms with Crippen molar-refractivity contribution in [1.82, 2.24) is 4.98 Å². The van der Waals surface area contributed by atoms with Crippen LogP contribution in [0.2, 0.25) is 0 Å². The molecule has 2 amide bonds. The predicted molar refractivity (Wildman–Crippen MR) is 117 cm³/mol. The number of aromatic nitrogens is 1. The maximum atomic E-state index is 12.9. The van der Waals surface area contributed by atoms with E-state index in [-0.39, 0.29) is 12.6 Å². The molecule has 0 saturated heterocycles. The number of benzene rings is 2. The van der Waals surface area contributed by atoms with E-state index in [4.69, 9.17) is 4.74 Å². The van der Waals surface area contributed by atoms with Gasteiger partial charge in [0, 0.05) is 17.5 Å². The Morgan fingerprint density at radius 3 is 2.52 bits per heavy atom. The lowest BCUT2D eigenvalue weighted by atomic mass is 10.1. The number of ether oxygens (including phenoxy) is 1. The zero-order valence-corrected chi connectivity index (χ0v) is 17.5. The van der Waals surface area contributed by atoms with Gasteiger partial charge in [0.25, 0.3) is 0 Å². The van der Waals surface area contributed by atoms with Crippen molar-refractivity contribution in [1.29, 1.82) is 0 Å². The lowest BCUT2D eigenvalue weighted by molar-refractivity contribution is 0.0527. The first-order chi connectivity index (χ1) is 14.0. The minimum absolute atomic E-state index is 0.267. The van der Waals surface area contributed by atoms with Gasteiger partial charge in [0.05, 0.1) is 23.6 Å². The summed E-state index contributed by atoms with van der Waals surface area (Å²) in [6.45, 7) is 6.36. The number of aryl methyl sites for hydroxylation is 1. The summed E-state index contributed by atoms with van der Waals surface area (Å²) < 4.78 is 5.07. The summed E-state index contributed by atoms with van der Waals surface area (Å²) in [4.78, 5) is 31.2. The molecule has 0 saturated carbocycles. The van der Waals surface area contributed by atoms with Gasteiger partial charge >= 0.3 is 12.0 Å². The van der Waals surface area contributed by atoms with Crippen molar-refractivity contribution < 1.29 is 14.3 Å². The van der Waals surface area contributed by atoms with Crippen LogP contribution in [0.3, 0.4) is 0 Å². The smallest absolute Gasteiger partial charge is 0.340 e. The second-order valence-corrected chi connectivity index (χ2v) is 7.16. The van der Waals surface area contributed by atoms with Crippen LogP contribution < -0.4 is 10.2 Å². The summed E-state index contributed by atoms with van der Waals surface area (Å²) in [6.07, 6.45) is 0. The van der Waals surface area contributed by atoms with E-state index < -0.39 is 5.97 Å². The molecule has 3 aromatic rings. The zero-order chi connectivity index (χ0) is 20.8. The predicted octanol–water partition coefficient (Wildman–Crippen LogP) is 5.35. The molecule has 0 fully saturated rings. The number of nitrogens with one attached hydrogen (secondary N) is 1. The van der Waals surface area contributed by atoms with Gasteiger partial charge in [-0.1, -0.05) is 42.0 Å². The van der Waals surface area contributed by atoms with Crippen molar-refractivity contribution in [2.24, 2.45) is 0 Å². The molecule has 6 nitrogen and oxygen atoms in total. The third-order valence-electron chi connectivity index (χ3n) is 4.30. The normalized spacial score (nSPS) is 10.4. The second-order valence-electron chi connectivity index (χ2n) is 6.32. The first-order valence-corrected chi connectivity index (χ1v) is 10.3. The third kappa shape index (κ3) is 4.81. The van der Waals surface area contributed by atoms with Crippen molar-refractivity contribution in [3.63, 3.8) is 0 Å². The van der Waals surface area contributed by atoms with Crippen molar-refractivity contribution in [2.75, 3.05) is 23.4 Å². The number of nitrogens with zero attached hydrogens (tertiary/aromatic N) is 2. The third-order valence-corrected chi connectivity index (χ3v) is 5.16. The SMILES string of the molecule is CCOC(=O)c1ccccc1NC(=O)N(CC)c1nc(-c2ccc(C)cc2)cs1. The highest BCUT2D eigenvalue weighted by Crippen LogP contribution is 2.28. The molecule has 0 aliphatic heterocycles. The van der Waals surface area contributed by atoms with Gasteiger partial charge in [-0.15, -0.1) is 11.3 Å². The molecule has 0 radical (unpaired) electrons. The van der Waals surface area contributed by atoms with Crippen LogP contribution in [0.5, 0.6) is 0 Å². The quantitative estimate of drug-likeness (QED) is 0.557. The van der Waals surface area contributed by atoms with Crippen LogP contribution in [0.15, 0.2) is 53.9 Å². The van der Waals surface area contributed by atoms with Gasteiger partial charge in [0.2, 0.25) is 0 Å². The van der Waals surface area contributed by atoms with Crippen LogP contribution in [-0.4, -0.2) is 30.1 Å². The number of hydrogen-bond acceptors (Lipinski definition) is 5. The molecule has 1 aromatic heterocycles. The molecule has 0 aliphatic rings. The van der Waals surface area contributed by atoms with Gasteiger partial charge in [-0.25, -0.2) is 14.6 Å². The minimum Gasteiger partial charge on any atom is -0.462 e. The summed E-state index contributed by atoms with van der Waals surface area (Å²) >= 11 is 1.40. The Hall–Kier alpha value is -3.19. The van der Waals surface area contributed by atoms with Crippen LogP contribution in [0, 0.1) is 6.92 Å². The number of hydrogen-bond donors (Lipinski definition) is 1. The Morgan fingerprint density at radius 2 is 1.83 bits per heavy atom. The highest BCUT2D eigenvalue weighted by molar-refractivity contribution is 7.14. The fourth-order valence-corrected chi connectivity index (χ4v) is 3.67. The van der Waals surface area contributed by atoms with Crippen LogP contribution in [0.1, 0.15) is 29.8 Å². The van der Waals surface area contributed by atoms with E-state index in [1.54, 1.807) is 36.1 Å². The van der Waals surface area contributed by atoms with Crippen LogP contribution in [-0.2, 0) is 4.74 Å². The Balaban J connectivity index is 1.80. The van der Waals surface area contributed by atoms with E-state index in [0.717, 1.165) is 11.3 Å². The topological polar surface area (TPSA) is 71.5 Å². The fourth-order valence-electron chi connectivity index (χ4n) is 2.77. The van der Waals surface area contributed by atoms with Crippen molar-refractivity contribution in [2.45, 2.75) is 20.8 Å². The molecule has 0 bridgehead atoms. The summed E-state index contributed by atoms with van der Waals surface area (Å²) in [5.74, 6) is -0.470. The molecule has 0 aliphatic carbocycles. The monoisotopic (exact) mass is 409 g/mol. The van der Waals surface area contributed by atoms with Gasteiger partial charge < -0.3 is 10.1 Å².